The van der Waals surface area contributed by atoms with Crippen molar-refractivity contribution in [1.82, 2.24) is 5.32 Å². The normalized spacial score (nSPS) is 13.7. The van der Waals surface area contributed by atoms with E-state index in [0.717, 1.165) is 38.5 Å². The summed E-state index contributed by atoms with van der Waals surface area (Å²) in [6.07, 6.45) is 77.7. The fourth-order valence-electron chi connectivity index (χ4n) is 11.0. The van der Waals surface area contributed by atoms with Gasteiger partial charge in [-0.25, -0.2) is 0 Å². The molecule has 0 heterocycles. The van der Waals surface area contributed by atoms with Gasteiger partial charge in [0.2, 0.25) is 5.91 Å². The molecule has 0 fully saturated rings. The fraction of sp³-hybridized carbons (Fsp3) is 0.957. The van der Waals surface area contributed by atoms with Crippen LogP contribution in [-0.2, 0) is 18.4 Å². The minimum atomic E-state index is -4.60. The summed E-state index contributed by atoms with van der Waals surface area (Å²) in [7, 11) is 1.28. The van der Waals surface area contributed by atoms with Crippen molar-refractivity contribution < 1.29 is 32.9 Å². The average molecular weight is 1120 g/mol. The summed E-state index contributed by atoms with van der Waals surface area (Å²) < 4.78 is 23.4. The van der Waals surface area contributed by atoms with Crippen molar-refractivity contribution in [2.24, 2.45) is 0 Å². The zero-order valence-electron chi connectivity index (χ0n) is 53.4. The largest absolute Gasteiger partial charge is 0.756 e. The molecule has 0 saturated heterocycles. The third-order valence-electron chi connectivity index (χ3n) is 16.5. The number of nitrogens with one attached hydrogen (secondary N) is 1. The molecule has 0 aliphatic rings. The van der Waals surface area contributed by atoms with Gasteiger partial charge >= 0.3 is 0 Å². The van der Waals surface area contributed by atoms with Crippen LogP contribution in [0, 0.1) is 0 Å². The number of nitrogens with zero attached hydrogens (tertiary/aromatic N) is 1. The van der Waals surface area contributed by atoms with Gasteiger partial charge < -0.3 is 28.8 Å². The van der Waals surface area contributed by atoms with Crippen LogP contribution in [0.4, 0.5) is 0 Å². The number of likely N-dealkylation sites (N-methyl/N-ethyl adjacent to an activating group) is 1. The highest BCUT2D eigenvalue weighted by Gasteiger charge is 2.23. The molecule has 0 bridgehead atoms. The van der Waals surface area contributed by atoms with Gasteiger partial charge in [-0.1, -0.05) is 360 Å². The van der Waals surface area contributed by atoms with E-state index in [4.69, 9.17) is 9.05 Å². The summed E-state index contributed by atoms with van der Waals surface area (Å²) >= 11 is 0. The van der Waals surface area contributed by atoms with Crippen LogP contribution >= 0.6 is 7.82 Å². The Morgan fingerprint density at radius 2 is 0.692 bits per heavy atom. The number of aliphatic hydroxyl groups is 1. The number of allylic oxidation sites excluding steroid dienone is 1. The van der Waals surface area contributed by atoms with E-state index >= 15 is 0 Å². The zero-order valence-corrected chi connectivity index (χ0v) is 54.3. The molecule has 0 aromatic rings. The first-order valence-electron chi connectivity index (χ1n) is 35.1. The highest BCUT2D eigenvalue weighted by Crippen LogP contribution is 2.38. The molecule has 0 aliphatic carbocycles. The molecular formula is C69H139N2O6P. The Bertz CT molecular complexity index is 1280. The maximum Gasteiger partial charge on any atom is 0.268 e. The molecule has 3 unspecified atom stereocenters. The van der Waals surface area contributed by atoms with Crippen molar-refractivity contribution >= 4 is 13.7 Å². The van der Waals surface area contributed by atoms with Crippen molar-refractivity contribution in [2.75, 3.05) is 40.9 Å². The van der Waals surface area contributed by atoms with Crippen LogP contribution in [0.2, 0.25) is 0 Å². The molecule has 3 atom stereocenters. The lowest BCUT2D eigenvalue weighted by atomic mass is 10.0. The molecule has 0 spiro atoms. The van der Waals surface area contributed by atoms with Crippen molar-refractivity contribution in [3.8, 4) is 0 Å². The van der Waals surface area contributed by atoms with Gasteiger partial charge in [0.15, 0.2) is 0 Å². The van der Waals surface area contributed by atoms with E-state index in [2.05, 4.69) is 19.2 Å². The highest BCUT2D eigenvalue weighted by molar-refractivity contribution is 7.45. The van der Waals surface area contributed by atoms with E-state index in [9.17, 15) is 19.4 Å². The van der Waals surface area contributed by atoms with Crippen LogP contribution in [0.25, 0.3) is 0 Å². The maximum atomic E-state index is 13.0. The number of carbonyl (C=O) groups excluding carboxylic acids is 1. The van der Waals surface area contributed by atoms with Crippen LogP contribution < -0.4 is 10.2 Å². The van der Waals surface area contributed by atoms with Crippen molar-refractivity contribution in [2.45, 2.75) is 386 Å². The van der Waals surface area contributed by atoms with Crippen LogP contribution in [0.1, 0.15) is 373 Å². The van der Waals surface area contributed by atoms with Crippen molar-refractivity contribution in [1.29, 1.82) is 0 Å². The molecule has 0 rings (SSSR count). The summed E-state index contributed by atoms with van der Waals surface area (Å²) in [5.74, 6) is -0.188. The third-order valence-corrected chi connectivity index (χ3v) is 17.5. The summed E-state index contributed by atoms with van der Waals surface area (Å²) in [6, 6.07) is -0.883. The SMILES string of the molecule is CCCCCCCCCCCCCCCCCCCC/C=C/C(O)C(COP(=O)([O-])OCC[N+](C)(C)C)NC(=O)CCCCCCCCCCCCCCCCCCCCCCCCCCCCCCCCCCCCCC. The second-order valence-corrected chi connectivity index (χ2v) is 27.0. The first-order valence-corrected chi connectivity index (χ1v) is 36.5. The van der Waals surface area contributed by atoms with Gasteiger partial charge in [-0.05, 0) is 19.3 Å². The molecule has 466 valence electrons. The Balaban J connectivity index is 3.94. The Hall–Kier alpha value is -0.760. The molecule has 0 radical (unpaired) electrons. The third kappa shape index (κ3) is 62.8. The van der Waals surface area contributed by atoms with Crippen LogP contribution in [-0.4, -0.2) is 68.5 Å². The van der Waals surface area contributed by atoms with Crippen molar-refractivity contribution in [3.05, 3.63) is 12.2 Å². The standard InChI is InChI=1S/C69H139N2O6P/c1-6-8-10-12-14-16-18-20-22-24-26-28-29-30-31-32-33-34-35-36-37-38-39-40-41-42-43-45-47-49-51-53-55-57-59-61-63-69(73)70-67(66-77-78(74,75)76-65-64-71(3,4)5)68(72)62-60-58-56-54-52-50-48-46-44-27-25-23-21-19-17-15-13-11-9-7-2/h60,62,67-68,72H,6-59,61,63-66H2,1-5H3,(H-,70,73,74,75)/b62-60+. The number of aliphatic hydroxyl groups excluding tert-OH is 1. The predicted octanol–water partition coefficient (Wildman–Crippen LogP) is 21.5. The smallest absolute Gasteiger partial charge is 0.268 e. The average Bonchev–Trinajstić information content (AvgIpc) is 3.41. The Labute approximate surface area is 488 Å². The number of hydrogen-bond donors (Lipinski definition) is 2. The van der Waals surface area contributed by atoms with E-state index in [-0.39, 0.29) is 19.1 Å². The molecule has 0 aromatic carbocycles. The topological polar surface area (TPSA) is 108 Å². The van der Waals surface area contributed by atoms with Crippen LogP contribution in [0.3, 0.4) is 0 Å². The van der Waals surface area contributed by atoms with Crippen molar-refractivity contribution in [3.63, 3.8) is 0 Å². The molecule has 8 nitrogen and oxygen atoms in total. The van der Waals surface area contributed by atoms with Gasteiger partial charge in [-0.3, -0.25) is 9.36 Å². The highest BCUT2D eigenvalue weighted by atomic mass is 31.2. The molecule has 1 amide bonds. The van der Waals surface area contributed by atoms with Gasteiger partial charge in [0, 0.05) is 6.42 Å². The first kappa shape index (κ1) is 77.2. The Morgan fingerprint density at radius 1 is 0.436 bits per heavy atom. The van der Waals surface area contributed by atoms with Crippen LogP contribution in [0.15, 0.2) is 12.2 Å². The molecule has 2 N–H and O–H groups in total. The number of amides is 1. The van der Waals surface area contributed by atoms with E-state index in [1.165, 1.54) is 315 Å². The number of phosphoric acid groups is 1. The number of hydrogen-bond acceptors (Lipinski definition) is 6. The second kappa shape index (κ2) is 60.8. The van der Waals surface area contributed by atoms with Crippen LogP contribution in [0.5, 0.6) is 0 Å². The minimum absolute atomic E-state index is 0.00290. The molecule has 9 heteroatoms. The Morgan fingerprint density at radius 3 is 0.962 bits per heavy atom. The summed E-state index contributed by atoms with van der Waals surface area (Å²) in [5.41, 5.74) is 0. The lowest BCUT2D eigenvalue weighted by Crippen LogP contribution is -2.45. The fourth-order valence-corrected chi connectivity index (χ4v) is 11.8. The minimum Gasteiger partial charge on any atom is -0.756 e. The van der Waals surface area contributed by atoms with E-state index in [0.29, 0.717) is 17.4 Å². The van der Waals surface area contributed by atoms with Gasteiger partial charge in [0.05, 0.1) is 39.9 Å². The lowest BCUT2D eigenvalue weighted by Gasteiger charge is -2.29. The second-order valence-electron chi connectivity index (χ2n) is 25.6. The number of rotatable bonds is 66. The molecular weight excluding hydrogens is 984 g/mol. The van der Waals surface area contributed by atoms with E-state index < -0.39 is 20.0 Å². The van der Waals surface area contributed by atoms with Gasteiger partial charge in [0.25, 0.3) is 7.82 Å². The van der Waals surface area contributed by atoms with E-state index in [1.54, 1.807) is 6.08 Å². The summed E-state index contributed by atoms with van der Waals surface area (Å²) in [5, 5.41) is 13.9. The quantitative estimate of drug-likeness (QED) is 0.0272. The number of unbranched alkanes of at least 4 members (excludes halogenated alkanes) is 53. The van der Waals surface area contributed by atoms with Gasteiger partial charge in [0.1, 0.15) is 13.2 Å². The predicted molar refractivity (Wildman–Crippen MR) is 339 cm³/mol. The van der Waals surface area contributed by atoms with E-state index in [1.807, 2.05) is 27.2 Å². The first-order chi connectivity index (χ1) is 38.0. The number of phosphoric ester groups is 1. The summed E-state index contributed by atoms with van der Waals surface area (Å²) in [6.45, 7) is 4.72. The van der Waals surface area contributed by atoms with Gasteiger partial charge in [-0.2, -0.15) is 0 Å². The molecule has 0 saturated carbocycles. The summed E-state index contributed by atoms with van der Waals surface area (Å²) in [4.78, 5) is 25.6. The maximum absolute atomic E-state index is 13.0. The molecule has 0 aromatic heterocycles. The zero-order chi connectivity index (χ0) is 57.0. The lowest BCUT2D eigenvalue weighted by molar-refractivity contribution is -0.870. The molecule has 78 heavy (non-hydrogen) atoms. The monoisotopic (exact) mass is 1120 g/mol. The molecule has 0 aliphatic heterocycles. The number of quaternary nitrogens is 1. The van der Waals surface area contributed by atoms with Gasteiger partial charge in [-0.15, -0.1) is 0 Å². The number of carbonyl (C=O) groups is 1. The Kier molecular flexibility index (Phi) is 60.2.